The summed E-state index contributed by atoms with van der Waals surface area (Å²) in [6.45, 7) is 5.36. The fourth-order valence-corrected chi connectivity index (χ4v) is 5.16. The molecule has 0 aliphatic carbocycles. The average Bonchev–Trinajstić information content (AvgIpc) is 2.83. The van der Waals surface area contributed by atoms with E-state index in [-0.39, 0.29) is 25.4 Å². The van der Waals surface area contributed by atoms with Crippen LogP contribution in [0.1, 0.15) is 29.9 Å². The minimum atomic E-state index is -3.58. The molecule has 0 atom stereocenters. The van der Waals surface area contributed by atoms with E-state index in [9.17, 15) is 13.2 Å². The minimum Gasteiger partial charge on any atom is -0.461 e. The summed E-state index contributed by atoms with van der Waals surface area (Å²) in [4.78, 5) is 23.9. The Balaban J connectivity index is 1.58. The molecule has 1 aliphatic heterocycles. The van der Waals surface area contributed by atoms with Gasteiger partial charge < -0.3 is 9.64 Å². The highest BCUT2D eigenvalue weighted by atomic mass is 32.2. The van der Waals surface area contributed by atoms with Gasteiger partial charge in [-0.25, -0.2) is 23.2 Å². The smallest absolute Gasteiger partial charge is 0.360 e. The van der Waals surface area contributed by atoms with Crippen molar-refractivity contribution in [2.24, 2.45) is 0 Å². The maximum Gasteiger partial charge on any atom is 0.360 e. The lowest BCUT2D eigenvalue weighted by atomic mass is 10.2. The summed E-state index contributed by atoms with van der Waals surface area (Å²) >= 11 is 0. The lowest BCUT2D eigenvalue weighted by molar-refractivity contribution is 0.0520. The van der Waals surface area contributed by atoms with Crippen molar-refractivity contribution in [1.82, 2.24) is 14.3 Å². The number of benzene rings is 2. The van der Waals surface area contributed by atoms with Gasteiger partial charge in [0.15, 0.2) is 11.5 Å². The summed E-state index contributed by atoms with van der Waals surface area (Å²) in [7, 11) is -3.58. The van der Waals surface area contributed by atoms with E-state index in [1.807, 2.05) is 42.2 Å². The first kappa shape index (κ1) is 22.2. The van der Waals surface area contributed by atoms with E-state index in [0.717, 1.165) is 12.0 Å². The molecule has 168 valence electrons. The van der Waals surface area contributed by atoms with Gasteiger partial charge in [0.25, 0.3) is 0 Å². The van der Waals surface area contributed by atoms with E-state index >= 15 is 0 Å². The van der Waals surface area contributed by atoms with Crippen LogP contribution in [0.5, 0.6) is 0 Å². The third-order valence-corrected chi connectivity index (χ3v) is 7.44. The zero-order valence-electron chi connectivity index (χ0n) is 18.2. The first-order chi connectivity index (χ1) is 15.4. The van der Waals surface area contributed by atoms with Crippen LogP contribution < -0.4 is 4.90 Å². The molecule has 1 aliphatic rings. The molecule has 0 unspecified atom stereocenters. The fraction of sp³-hybridized carbons (Fsp3) is 0.348. The number of carbonyl (C=O) groups is 1. The molecule has 32 heavy (non-hydrogen) atoms. The third-order valence-electron chi connectivity index (χ3n) is 5.53. The van der Waals surface area contributed by atoms with E-state index < -0.39 is 16.0 Å². The summed E-state index contributed by atoms with van der Waals surface area (Å²) in [6, 6.07) is 14.3. The molecule has 0 radical (unpaired) electrons. The number of anilines is 1. The first-order valence-corrected chi connectivity index (χ1v) is 12.2. The number of aryl methyl sites for hydroxylation is 1. The maximum atomic E-state index is 13.1. The number of sulfonamides is 1. The number of aromatic nitrogens is 2. The number of hydrogen-bond donors (Lipinski definition) is 0. The molecule has 0 N–H and O–H groups in total. The molecule has 0 bridgehead atoms. The Hall–Kier alpha value is -3.04. The molecular formula is C23H26N4O4S. The zero-order chi connectivity index (χ0) is 22.7. The highest BCUT2D eigenvalue weighted by Crippen LogP contribution is 2.25. The topological polar surface area (TPSA) is 92.7 Å². The number of carbonyl (C=O) groups excluding carboxylic acids is 1. The maximum absolute atomic E-state index is 13.1. The van der Waals surface area contributed by atoms with Crippen molar-refractivity contribution in [1.29, 1.82) is 0 Å². The largest absolute Gasteiger partial charge is 0.461 e. The Labute approximate surface area is 187 Å². The van der Waals surface area contributed by atoms with Crippen molar-refractivity contribution in [3.8, 4) is 0 Å². The Morgan fingerprint density at radius 3 is 2.16 bits per heavy atom. The van der Waals surface area contributed by atoms with Crippen LogP contribution in [0.2, 0.25) is 0 Å². The summed E-state index contributed by atoms with van der Waals surface area (Å²) < 4.78 is 32.8. The first-order valence-electron chi connectivity index (χ1n) is 10.7. The molecule has 2 aromatic carbocycles. The number of fused-ring (bicyclic) bond motifs is 1. The van der Waals surface area contributed by atoms with Crippen molar-refractivity contribution in [3.05, 3.63) is 59.8 Å². The van der Waals surface area contributed by atoms with Crippen LogP contribution >= 0.6 is 0 Å². The highest BCUT2D eigenvalue weighted by molar-refractivity contribution is 7.89. The van der Waals surface area contributed by atoms with Crippen molar-refractivity contribution in [2.45, 2.75) is 25.2 Å². The molecular weight excluding hydrogens is 428 g/mol. The van der Waals surface area contributed by atoms with Gasteiger partial charge in [0, 0.05) is 26.2 Å². The van der Waals surface area contributed by atoms with Gasteiger partial charge in [-0.3, -0.25) is 0 Å². The van der Waals surface area contributed by atoms with Crippen LogP contribution in [0.25, 0.3) is 11.0 Å². The summed E-state index contributed by atoms with van der Waals surface area (Å²) in [5.41, 5.74) is 2.52. The number of ether oxygens (including phenoxy) is 1. The van der Waals surface area contributed by atoms with Gasteiger partial charge in [-0.05, 0) is 43.2 Å². The summed E-state index contributed by atoms with van der Waals surface area (Å²) in [5, 5.41) is 0. The second kappa shape index (κ2) is 9.22. The average molecular weight is 455 g/mol. The number of esters is 1. The van der Waals surface area contributed by atoms with Gasteiger partial charge in [0.2, 0.25) is 10.0 Å². The summed E-state index contributed by atoms with van der Waals surface area (Å²) in [6.07, 6.45) is 0.856. The van der Waals surface area contributed by atoms with Gasteiger partial charge in [-0.1, -0.05) is 31.2 Å². The van der Waals surface area contributed by atoms with Gasteiger partial charge in [0.05, 0.1) is 22.5 Å². The Bertz CT molecular complexity index is 1220. The number of piperazine rings is 1. The number of para-hydroxylation sites is 2. The van der Waals surface area contributed by atoms with Crippen molar-refractivity contribution >= 4 is 32.8 Å². The molecule has 9 heteroatoms. The number of nitrogens with zero attached hydrogens (tertiary/aromatic N) is 4. The predicted octanol–water partition coefficient (Wildman–Crippen LogP) is 2.88. The molecule has 0 saturated carbocycles. The van der Waals surface area contributed by atoms with E-state index in [1.165, 1.54) is 4.31 Å². The SMILES string of the molecule is CCOC(=O)c1nc2ccccc2nc1N1CCN(S(=O)(=O)c2ccc(CC)cc2)CC1. The molecule has 1 fully saturated rings. The van der Waals surface area contributed by atoms with Crippen molar-refractivity contribution in [3.63, 3.8) is 0 Å². The van der Waals surface area contributed by atoms with Gasteiger partial charge in [-0.2, -0.15) is 4.31 Å². The highest BCUT2D eigenvalue weighted by Gasteiger charge is 2.31. The minimum absolute atomic E-state index is 0.150. The lowest BCUT2D eigenvalue weighted by Crippen LogP contribution is -2.49. The van der Waals surface area contributed by atoms with Crippen LogP contribution in [-0.2, 0) is 21.2 Å². The van der Waals surface area contributed by atoms with E-state index in [0.29, 0.717) is 34.8 Å². The lowest BCUT2D eigenvalue weighted by Gasteiger charge is -2.35. The Morgan fingerprint density at radius 2 is 1.56 bits per heavy atom. The number of rotatable bonds is 6. The molecule has 1 saturated heterocycles. The predicted molar refractivity (Wildman–Crippen MR) is 122 cm³/mol. The normalized spacial score (nSPS) is 15.1. The quantitative estimate of drug-likeness (QED) is 0.529. The van der Waals surface area contributed by atoms with Crippen molar-refractivity contribution in [2.75, 3.05) is 37.7 Å². The molecule has 8 nitrogen and oxygen atoms in total. The van der Waals surface area contributed by atoms with E-state index in [1.54, 1.807) is 25.1 Å². The van der Waals surface area contributed by atoms with Gasteiger partial charge >= 0.3 is 5.97 Å². The van der Waals surface area contributed by atoms with Crippen LogP contribution in [0, 0.1) is 0 Å². The summed E-state index contributed by atoms with van der Waals surface area (Å²) in [5.74, 6) is -0.113. The molecule has 1 aromatic heterocycles. The fourth-order valence-electron chi connectivity index (χ4n) is 3.73. The van der Waals surface area contributed by atoms with Crippen LogP contribution in [0.15, 0.2) is 53.4 Å². The molecule has 3 aromatic rings. The van der Waals surface area contributed by atoms with Crippen LogP contribution in [0.3, 0.4) is 0 Å². The molecule has 0 amide bonds. The Kier molecular flexibility index (Phi) is 6.38. The third kappa shape index (κ3) is 4.31. The molecule has 0 spiro atoms. The monoisotopic (exact) mass is 454 g/mol. The van der Waals surface area contributed by atoms with Crippen LogP contribution in [0.4, 0.5) is 5.82 Å². The zero-order valence-corrected chi connectivity index (χ0v) is 19.0. The van der Waals surface area contributed by atoms with E-state index in [2.05, 4.69) is 9.97 Å². The van der Waals surface area contributed by atoms with Gasteiger partial charge in [0.1, 0.15) is 0 Å². The Morgan fingerprint density at radius 1 is 0.938 bits per heavy atom. The second-order valence-corrected chi connectivity index (χ2v) is 9.43. The van der Waals surface area contributed by atoms with E-state index in [4.69, 9.17) is 4.74 Å². The van der Waals surface area contributed by atoms with Gasteiger partial charge in [-0.15, -0.1) is 0 Å². The molecule has 4 rings (SSSR count). The van der Waals surface area contributed by atoms with Crippen LogP contribution in [-0.4, -0.2) is 61.4 Å². The second-order valence-electron chi connectivity index (χ2n) is 7.49. The van der Waals surface area contributed by atoms with Crippen molar-refractivity contribution < 1.29 is 17.9 Å². The standard InChI is InChI=1S/C23H26N4O4S/c1-3-17-9-11-18(12-10-17)32(29,30)27-15-13-26(14-16-27)22-21(23(28)31-4-2)24-19-7-5-6-8-20(19)25-22/h5-12H,3-4,13-16H2,1-2H3. The molecule has 2 heterocycles. The number of hydrogen-bond acceptors (Lipinski definition) is 7.